The molecular weight excluding hydrogens is 276 g/mol. The summed E-state index contributed by atoms with van der Waals surface area (Å²) in [4.78, 5) is 14.4. The van der Waals surface area contributed by atoms with E-state index in [0.29, 0.717) is 17.7 Å². The van der Waals surface area contributed by atoms with E-state index in [0.717, 1.165) is 51.7 Å². The van der Waals surface area contributed by atoms with Crippen LogP contribution in [0.4, 0.5) is 0 Å². The van der Waals surface area contributed by atoms with E-state index in [1.807, 2.05) is 0 Å². The van der Waals surface area contributed by atoms with Crippen LogP contribution in [0.5, 0.6) is 0 Å². The molecule has 5 heteroatoms. The molecule has 2 fully saturated rings. The van der Waals surface area contributed by atoms with Crippen LogP contribution in [0.15, 0.2) is 0 Å². The minimum Gasteiger partial charge on any atom is -0.342 e. The first-order valence-corrected chi connectivity index (χ1v) is 9.03. The summed E-state index contributed by atoms with van der Waals surface area (Å²) in [6.45, 7) is 2.89. The first kappa shape index (κ1) is 14.2. The molecule has 3 heterocycles. The highest BCUT2D eigenvalue weighted by atomic mass is 16.2. The number of hydrogen-bond donors (Lipinski definition) is 0. The topological polar surface area (TPSA) is 51.0 Å². The van der Waals surface area contributed by atoms with Crippen molar-refractivity contribution in [3.05, 3.63) is 11.6 Å². The number of fused-ring (bicyclic) bond motifs is 1. The van der Waals surface area contributed by atoms with Gasteiger partial charge in [0, 0.05) is 37.9 Å². The van der Waals surface area contributed by atoms with Crippen molar-refractivity contribution in [3.63, 3.8) is 0 Å². The Morgan fingerprint density at radius 1 is 0.909 bits per heavy atom. The Morgan fingerprint density at radius 2 is 1.73 bits per heavy atom. The van der Waals surface area contributed by atoms with Gasteiger partial charge >= 0.3 is 0 Å². The maximum atomic E-state index is 12.3. The van der Waals surface area contributed by atoms with Gasteiger partial charge in [-0.2, -0.15) is 0 Å². The van der Waals surface area contributed by atoms with Gasteiger partial charge in [0.25, 0.3) is 0 Å². The van der Waals surface area contributed by atoms with Crippen molar-refractivity contribution >= 4 is 5.91 Å². The van der Waals surface area contributed by atoms with E-state index >= 15 is 0 Å². The van der Waals surface area contributed by atoms with Crippen LogP contribution >= 0.6 is 0 Å². The third-order valence-electron chi connectivity index (χ3n) is 5.76. The van der Waals surface area contributed by atoms with Gasteiger partial charge in [0.05, 0.1) is 0 Å². The SMILES string of the molecule is O=C(C1CCC1)N1CCC(c2nnc3n2CCCCC3)CC1. The normalized spacial score (nSPS) is 23.7. The van der Waals surface area contributed by atoms with Crippen molar-refractivity contribution in [2.45, 2.75) is 70.3 Å². The smallest absolute Gasteiger partial charge is 0.225 e. The summed E-state index contributed by atoms with van der Waals surface area (Å²) in [5, 5.41) is 8.93. The summed E-state index contributed by atoms with van der Waals surface area (Å²) in [7, 11) is 0. The molecule has 1 aliphatic carbocycles. The van der Waals surface area contributed by atoms with Crippen LogP contribution in [0.2, 0.25) is 0 Å². The van der Waals surface area contributed by atoms with Crippen LogP contribution in [-0.2, 0) is 17.8 Å². The van der Waals surface area contributed by atoms with Gasteiger partial charge in [0.15, 0.2) is 0 Å². The van der Waals surface area contributed by atoms with Crippen LogP contribution < -0.4 is 0 Å². The predicted molar refractivity (Wildman–Crippen MR) is 83.5 cm³/mol. The molecule has 5 nitrogen and oxygen atoms in total. The fourth-order valence-corrected chi connectivity index (χ4v) is 4.08. The van der Waals surface area contributed by atoms with E-state index in [2.05, 4.69) is 19.7 Å². The number of piperidine rings is 1. The molecule has 120 valence electrons. The van der Waals surface area contributed by atoms with Crippen LogP contribution in [0.25, 0.3) is 0 Å². The van der Waals surface area contributed by atoms with Gasteiger partial charge in [-0.05, 0) is 38.5 Å². The Balaban J connectivity index is 1.41. The first-order chi connectivity index (χ1) is 10.8. The minimum atomic E-state index is 0.334. The van der Waals surface area contributed by atoms with E-state index in [1.165, 1.54) is 37.3 Å². The highest BCUT2D eigenvalue weighted by Gasteiger charge is 2.33. The summed E-state index contributed by atoms with van der Waals surface area (Å²) >= 11 is 0. The first-order valence-electron chi connectivity index (χ1n) is 9.03. The van der Waals surface area contributed by atoms with Crippen molar-refractivity contribution in [3.8, 4) is 0 Å². The lowest BCUT2D eigenvalue weighted by atomic mass is 9.83. The zero-order valence-corrected chi connectivity index (χ0v) is 13.3. The Labute approximate surface area is 132 Å². The number of amides is 1. The molecule has 3 aliphatic rings. The molecule has 0 unspecified atom stereocenters. The number of hydrogen-bond acceptors (Lipinski definition) is 3. The molecule has 0 spiro atoms. The molecular formula is C17H26N4O. The maximum absolute atomic E-state index is 12.3. The summed E-state index contributed by atoms with van der Waals surface area (Å²) in [6.07, 6.45) is 10.4. The monoisotopic (exact) mass is 302 g/mol. The summed E-state index contributed by atoms with van der Waals surface area (Å²) in [5.41, 5.74) is 0. The lowest BCUT2D eigenvalue weighted by Gasteiger charge is -2.36. The Bertz CT molecular complexity index is 541. The molecule has 0 aromatic carbocycles. The van der Waals surface area contributed by atoms with Crippen molar-refractivity contribution in [1.29, 1.82) is 0 Å². The molecule has 0 N–H and O–H groups in total. The van der Waals surface area contributed by atoms with Crippen LogP contribution in [-0.4, -0.2) is 38.7 Å². The molecule has 2 aliphatic heterocycles. The number of nitrogens with zero attached hydrogens (tertiary/aromatic N) is 4. The fourth-order valence-electron chi connectivity index (χ4n) is 4.08. The molecule has 4 rings (SSSR count). The van der Waals surface area contributed by atoms with Gasteiger partial charge in [0.2, 0.25) is 5.91 Å². The second kappa shape index (κ2) is 6.01. The van der Waals surface area contributed by atoms with Gasteiger partial charge in [-0.1, -0.05) is 12.8 Å². The fraction of sp³-hybridized carbons (Fsp3) is 0.824. The number of rotatable bonds is 2. The number of carbonyl (C=O) groups excluding carboxylic acids is 1. The minimum absolute atomic E-state index is 0.334. The molecule has 1 amide bonds. The summed E-state index contributed by atoms with van der Waals surface area (Å²) in [5.74, 6) is 3.60. The molecule has 0 radical (unpaired) electrons. The third kappa shape index (κ3) is 2.55. The molecule has 1 aromatic heterocycles. The van der Waals surface area contributed by atoms with Crippen molar-refractivity contribution < 1.29 is 4.79 Å². The molecule has 1 saturated heterocycles. The molecule has 0 atom stereocenters. The van der Waals surface area contributed by atoms with Gasteiger partial charge < -0.3 is 9.47 Å². The molecule has 1 saturated carbocycles. The molecule has 22 heavy (non-hydrogen) atoms. The summed E-state index contributed by atoms with van der Waals surface area (Å²) < 4.78 is 2.38. The van der Waals surface area contributed by atoms with Gasteiger partial charge in [0.1, 0.15) is 11.6 Å². The van der Waals surface area contributed by atoms with E-state index in [4.69, 9.17) is 0 Å². The largest absolute Gasteiger partial charge is 0.342 e. The van der Waals surface area contributed by atoms with Crippen LogP contribution in [0.1, 0.15) is 68.9 Å². The Morgan fingerprint density at radius 3 is 2.45 bits per heavy atom. The Hall–Kier alpha value is -1.39. The van der Waals surface area contributed by atoms with Crippen molar-refractivity contribution in [2.75, 3.05) is 13.1 Å². The number of aryl methyl sites for hydroxylation is 1. The second-order valence-corrected chi connectivity index (χ2v) is 7.16. The van der Waals surface area contributed by atoms with Gasteiger partial charge in [-0.3, -0.25) is 4.79 Å². The van der Waals surface area contributed by atoms with E-state index in [9.17, 15) is 4.79 Å². The van der Waals surface area contributed by atoms with Crippen LogP contribution in [0.3, 0.4) is 0 Å². The highest BCUT2D eigenvalue weighted by molar-refractivity contribution is 5.79. The predicted octanol–water partition coefficient (Wildman–Crippen LogP) is 2.51. The quantitative estimate of drug-likeness (QED) is 0.843. The average Bonchev–Trinajstić information content (AvgIpc) is 2.74. The zero-order chi connectivity index (χ0) is 14.9. The van der Waals surface area contributed by atoms with Crippen LogP contribution in [0, 0.1) is 5.92 Å². The zero-order valence-electron chi connectivity index (χ0n) is 13.3. The van der Waals surface area contributed by atoms with E-state index in [1.54, 1.807) is 0 Å². The Kier molecular flexibility index (Phi) is 3.89. The number of carbonyl (C=O) groups is 1. The lowest BCUT2D eigenvalue weighted by Crippen LogP contribution is -2.43. The number of aromatic nitrogens is 3. The van der Waals surface area contributed by atoms with Gasteiger partial charge in [-0.15, -0.1) is 10.2 Å². The summed E-state index contributed by atoms with van der Waals surface area (Å²) in [6, 6.07) is 0. The lowest BCUT2D eigenvalue weighted by molar-refractivity contribution is -0.139. The highest BCUT2D eigenvalue weighted by Crippen LogP contribution is 2.32. The number of likely N-dealkylation sites (tertiary alicyclic amines) is 1. The molecule has 0 bridgehead atoms. The van der Waals surface area contributed by atoms with Gasteiger partial charge in [-0.25, -0.2) is 0 Å². The second-order valence-electron chi connectivity index (χ2n) is 7.16. The van der Waals surface area contributed by atoms with E-state index in [-0.39, 0.29) is 0 Å². The standard InChI is InChI=1S/C17H26N4O/c22-17(14-5-4-6-14)20-11-8-13(9-12-20)16-19-18-15-7-2-1-3-10-21(15)16/h13-14H,1-12H2. The van der Waals surface area contributed by atoms with Crippen molar-refractivity contribution in [1.82, 2.24) is 19.7 Å². The average molecular weight is 302 g/mol. The maximum Gasteiger partial charge on any atom is 0.225 e. The van der Waals surface area contributed by atoms with Crippen molar-refractivity contribution in [2.24, 2.45) is 5.92 Å². The molecule has 1 aromatic rings. The third-order valence-corrected chi connectivity index (χ3v) is 5.76. The van der Waals surface area contributed by atoms with E-state index < -0.39 is 0 Å².